The van der Waals surface area contributed by atoms with Gasteiger partial charge in [-0.3, -0.25) is 29.8 Å². The molecule has 0 aromatic heterocycles. The zero-order valence-electron chi connectivity index (χ0n) is 14.3. The maximum atomic E-state index is 10.5. The zero-order chi connectivity index (χ0) is 20.0. The maximum Gasteiger partial charge on any atom is 0.283 e. The number of nitrogens with zero attached hydrogens (tertiary/aromatic N) is 2. The molecule has 0 unspecified atom stereocenters. The molecule has 2 rings (SSSR count). The van der Waals surface area contributed by atoms with Crippen LogP contribution in [0.2, 0.25) is 0 Å². The van der Waals surface area contributed by atoms with Crippen LogP contribution in [0.25, 0.3) is 0 Å². The van der Waals surface area contributed by atoms with Crippen molar-refractivity contribution in [1.29, 1.82) is 0 Å². The number of nitro benzene ring substituents is 2. The summed E-state index contributed by atoms with van der Waals surface area (Å²) < 4.78 is 0. The number of aromatic hydroxyl groups is 1. The van der Waals surface area contributed by atoms with Crippen LogP contribution in [0.1, 0.15) is 37.4 Å². The molecule has 2 aromatic rings. The highest BCUT2D eigenvalue weighted by Crippen LogP contribution is 2.26. The van der Waals surface area contributed by atoms with Crippen molar-refractivity contribution in [3.8, 4) is 5.75 Å². The number of phenolic OH excluding ortho intramolecular Hbond substituents is 1. The van der Waals surface area contributed by atoms with Gasteiger partial charge in [0, 0.05) is 6.07 Å². The summed E-state index contributed by atoms with van der Waals surface area (Å²) in [5.41, 5.74) is 1.74. The minimum Gasteiger partial charge on any atom is -0.507 e. The fourth-order valence-electron chi connectivity index (χ4n) is 2.04. The van der Waals surface area contributed by atoms with Crippen LogP contribution in [0.4, 0.5) is 11.4 Å². The van der Waals surface area contributed by atoms with E-state index in [1.165, 1.54) is 18.2 Å². The third-order valence-electron chi connectivity index (χ3n) is 3.64. The van der Waals surface area contributed by atoms with Gasteiger partial charge in [-0.25, -0.2) is 0 Å². The Balaban J connectivity index is 0.000000260. The molecule has 0 saturated carbocycles. The van der Waals surface area contributed by atoms with Gasteiger partial charge in [0.1, 0.15) is 5.75 Å². The van der Waals surface area contributed by atoms with Crippen molar-refractivity contribution < 1.29 is 24.5 Å². The molecule has 9 heteroatoms. The summed E-state index contributed by atoms with van der Waals surface area (Å²) in [6.45, 7) is 5.15. The van der Waals surface area contributed by atoms with Gasteiger partial charge in [0.15, 0.2) is 12.6 Å². The van der Waals surface area contributed by atoms with E-state index in [1.807, 2.05) is 6.92 Å². The van der Waals surface area contributed by atoms with E-state index in [2.05, 4.69) is 0 Å². The van der Waals surface area contributed by atoms with Crippen LogP contribution in [0.5, 0.6) is 5.75 Å². The number of nitro groups is 2. The third-order valence-corrected chi connectivity index (χ3v) is 3.64. The van der Waals surface area contributed by atoms with Crippen molar-refractivity contribution in [2.75, 3.05) is 0 Å². The van der Waals surface area contributed by atoms with Crippen molar-refractivity contribution in [2.45, 2.75) is 20.8 Å². The summed E-state index contributed by atoms with van der Waals surface area (Å²) in [5.74, 6) is -0.183. The smallest absolute Gasteiger partial charge is 0.283 e. The van der Waals surface area contributed by atoms with Crippen LogP contribution in [0.3, 0.4) is 0 Å². The van der Waals surface area contributed by atoms with Crippen molar-refractivity contribution >= 4 is 23.9 Å². The molecule has 0 aliphatic heterocycles. The Hall–Kier alpha value is -3.62. The van der Waals surface area contributed by atoms with E-state index >= 15 is 0 Å². The second-order valence-corrected chi connectivity index (χ2v) is 5.44. The van der Waals surface area contributed by atoms with Crippen LogP contribution in [0, 0.1) is 41.0 Å². The first-order valence-electron chi connectivity index (χ1n) is 7.26. The predicted molar refractivity (Wildman–Crippen MR) is 92.8 cm³/mol. The Morgan fingerprint density at radius 2 is 1.15 bits per heavy atom. The van der Waals surface area contributed by atoms with E-state index in [-0.39, 0.29) is 28.3 Å². The first kappa shape index (κ1) is 20.4. The zero-order valence-corrected chi connectivity index (χ0v) is 14.3. The second-order valence-electron chi connectivity index (χ2n) is 5.44. The van der Waals surface area contributed by atoms with Gasteiger partial charge in [-0.1, -0.05) is 0 Å². The Kier molecular flexibility index (Phi) is 6.65. The number of phenols is 1. The largest absolute Gasteiger partial charge is 0.507 e. The van der Waals surface area contributed by atoms with Gasteiger partial charge in [-0.05, 0) is 49.6 Å². The molecule has 0 radical (unpaired) electrons. The Morgan fingerprint density at radius 1 is 0.769 bits per heavy atom. The van der Waals surface area contributed by atoms with E-state index in [9.17, 15) is 29.8 Å². The van der Waals surface area contributed by atoms with Gasteiger partial charge in [-0.2, -0.15) is 0 Å². The number of rotatable bonds is 4. The summed E-state index contributed by atoms with van der Waals surface area (Å²) in [5, 5.41) is 30.0. The molecule has 0 spiro atoms. The molecule has 2 aromatic carbocycles. The Morgan fingerprint density at radius 3 is 1.58 bits per heavy atom. The number of aryl methyl sites for hydroxylation is 3. The SMILES string of the molecule is Cc1cc(C=O)c([N+](=O)[O-])cc1C.Cc1cc(C=O)c([N+](=O)[O-])cc1O. The van der Waals surface area contributed by atoms with Crippen molar-refractivity contribution in [3.63, 3.8) is 0 Å². The fraction of sp³-hybridized carbons (Fsp3) is 0.176. The predicted octanol–water partition coefficient (Wildman–Crippen LogP) is 3.45. The highest BCUT2D eigenvalue weighted by atomic mass is 16.6. The third kappa shape index (κ3) is 4.69. The molecule has 136 valence electrons. The second kappa shape index (κ2) is 8.47. The minimum atomic E-state index is -0.705. The first-order chi connectivity index (χ1) is 12.1. The van der Waals surface area contributed by atoms with Crippen LogP contribution >= 0.6 is 0 Å². The van der Waals surface area contributed by atoms with Crippen LogP contribution in [-0.2, 0) is 0 Å². The van der Waals surface area contributed by atoms with Gasteiger partial charge in [0.05, 0.1) is 27.0 Å². The average Bonchev–Trinajstić information content (AvgIpc) is 2.59. The summed E-state index contributed by atoms with van der Waals surface area (Å²) in [4.78, 5) is 40.5. The summed E-state index contributed by atoms with van der Waals surface area (Å²) >= 11 is 0. The number of carbonyl (C=O) groups is 2. The molecule has 0 aliphatic carbocycles. The highest BCUT2D eigenvalue weighted by molar-refractivity contribution is 5.82. The summed E-state index contributed by atoms with van der Waals surface area (Å²) in [6.07, 6.45) is 0.898. The van der Waals surface area contributed by atoms with Crippen molar-refractivity contribution in [3.05, 3.63) is 72.3 Å². The molecule has 0 fully saturated rings. The van der Waals surface area contributed by atoms with Crippen molar-refractivity contribution in [1.82, 2.24) is 0 Å². The fourth-order valence-corrected chi connectivity index (χ4v) is 2.04. The normalized spacial score (nSPS) is 9.65. The number of hydrogen-bond donors (Lipinski definition) is 1. The lowest BCUT2D eigenvalue weighted by Gasteiger charge is -2.01. The van der Waals surface area contributed by atoms with Gasteiger partial charge in [0.2, 0.25) is 0 Å². The van der Waals surface area contributed by atoms with Gasteiger partial charge < -0.3 is 5.11 Å². The Labute approximate surface area is 148 Å². The summed E-state index contributed by atoms with van der Waals surface area (Å²) in [6, 6.07) is 5.19. The monoisotopic (exact) mass is 360 g/mol. The van der Waals surface area contributed by atoms with Gasteiger partial charge in [0.25, 0.3) is 11.4 Å². The van der Waals surface area contributed by atoms with Crippen LogP contribution in [-0.4, -0.2) is 27.5 Å². The van der Waals surface area contributed by atoms with E-state index < -0.39 is 9.85 Å². The van der Waals surface area contributed by atoms with E-state index in [1.54, 1.807) is 13.8 Å². The standard InChI is InChI=1S/C9H9NO3.C8H7NO4/c1-6-3-8(5-11)9(10(12)13)4-7(6)2;1-5-2-6(4-10)7(9(12)13)3-8(5)11/h3-5H,1-2H3;2-4,11H,1H3. The number of hydrogen-bond acceptors (Lipinski definition) is 7. The van der Waals surface area contributed by atoms with Gasteiger partial charge >= 0.3 is 0 Å². The molecule has 0 saturated heterocycles. The van der Waals surface area contributed by atoms with E-state index in [0.717, 1.165) is 17.2 Å². The molecule has 0 atom stereocenters. The number of carbonyl (C=O) groups excluding carboxylic acids is 2. The lowest BCUT2D eigenvalue weighted by atomic mass is 10.1. The molecule has 0 heterocycles. The first-order valence-corrected chi connectivity index (χ1v) is 7.26. The lowest BCUT2D eigenvalue weighted by Crippen LogP contribution is -1.96. The molecule has 0 aliphatic rings. The van der Waals surface area contributed by atoms with Crippen molar-refractivity contribution in [2.24, 2.45) is 0 Å². The molecule has 26 heavy (non-hydrogen) atoms. The molecular weight excluding hydrogens is 344 g/mol. The average molecular weight is 360 g/mol. The quantitative estimate of drug-likeness (QED) is 0.500. The lowest BCUT2D eigenvalue weighted by molar-refractivity contribution is -0.385. The highest BCUT2D eigenvalue weighted by Gasteiger charge is 2.15. The molecule has 0 amide bonds. The number of aldehydes is 2. The van der Waals surface area contributed by atoms with Gasteiger partial charge in [-0.15, -0.1) is 0 Å². The summed E-state index contributed by atoms with van der Waals surface area (Å²) in [7, 11) is 0. The molecule has 0 bridgehead atoms. The van der Waals surface area contributed by atoms with Crippen LogP contribution in [0.15, 0.2) is 24.3 Å². The number of benzene rings is 2. The molecular formula is C17H16N2O7. The van der Waals surface area contributed by atoms with Crippen LogP contribution < -0.4 is 0 Å². The Bertz CT molecular complexity index is 818. The maximum absolute atomic E-state index is 10.5. The topological polar surface area (TPSA) is 141 Å². The van der Waals surface area contributed by atoms with E-state index in [4.69, 9.17) is 5.11 Å². The molecule has 9 nitrogen and oxygen atoms in total. The van der Waals surface area contributed by atoms with E-state index in [0.29, 0.717) is 18.1 Å². The molecule has 1 N–H and O–H groups in total. The minimum absolute atomic E-state index is 0.0275.